The molecule has 0 aliphatic carbocycles. The summed E-state index contributed by atoms with van der Waals surface area (Å²) >= 11 is 0. The Morgan fingerprint density at radius 2 is 1.93 bits per heavy atom. The Labute approximate surface area is 92.4 Å². The van der Waals surface area contributed by atoms with Crippen LogP contribution < -0.4 is 0 Å². The molecule has 1 unspecified atom stereocenters. The summed E-state index contributed by atoms with van der Waals surface area (Å²) in [7, 11) is 2.17. The van der Waals surface area contributed by atoms with Gasteiger partial charge in [-0.1, -0.05) is 6.92 Å². The smallest absolute Gasteiger partial charge is 0.223 e. The summed E-state index contributed by atoms with van der Waals surface area (Å²) in [4.78, 5) is 16.4. The van der Waals surface area contributed by atoms with Gasteiger partial charge in [0.2, 0.25) is 5.91 Å². The number of amides is 1. The molecule has 1 amide bonds. The van der Waals surface area contributed by atoms with Gasteiger partial charge in [-0.25, -0.2) is 0 Å². The molecule has 2 aliphatic heterocycles. The maximum Gasteiger partial charge on any atom is 0.223 e. The lowest BCUT2D eigenvalue weighted by atomic mass is 10.0. The summed E-state index contributed by atoms with van der Waals surface area (Å²) in [5, 5.41) is 0. The number of likely N-dealkylation sites (tertiary alicyclic amines) is 2. The van der Waals surface area contributed by atoms with Gasteiger partial charge in [0.25, 0.3) is 0 Å². The summed E-state index contributed by atoms with van der Waals surface area (Å²) in [6, 6.07) is 1.06. The fourth-order valence-electron chi connectivity index (χ4n) is 2.94. The van der Waals surface area contributed by atoms with Crippen molar-refractivity contribution in [3.8, 4) is 0 Å². The Morgan fingerprint density at radius 3 is 2.53 bits per heavy atom. The zero-order valence-electron chi connectivity index (χ0n) is 9.91. The van der Waals surface area contributed by atoms with Gasteiger partial charge in [0.1, 0.15) is 0 Å². The molecule has 0 saturated carbocycles. The number of hydrogen-bond donors (Lipinski definition) is 0. The van der Waals surface area contributed by atoms with Crippen molar-refractivity contribution in [3.63, 3.8) is 0 Å². The van der Waals surface area contributed by atoms with Gasteiger partial charge in [0.05, 0.1) is 0 Å². The molecule has 2 fully saturated rings. The lowest BCUT2D eigenvalue weighted by molar-refractivity contribution is -0.132. The van der Waals surface area contributed by atoms with Crippen LogP contribution in [-0.2, 0) is 4.79 Å². The predicted octanol–water partition coefficient (Wildman–Crippen LogP) is 1.48. The molecule has 0 aromatic carbocycles. The molecular formula is C12H22N2O. The number of carbonyl (C=O) groups is 1. The Kier molecular flexibility index (Phi) is 3.29. The Hall–Kier alpha value is -0.570. The number of nitrogens with zero attached hydrogens (tertiary/aromatic N) is 2. The van der Waals surface area contributed by atoms with Gasteiger partial charge in [0.15, 0.2) is 0 Å². The predicted molar refractivity (Wildman–Crippen MR) is 60.7 cm³/mol. The highest BCUT2D eigenvalue weighted by Gasteiger charge is 2.35. The third-order valence-electron chi connectivity index (χ3n) is 3.93. The Balaban J connectivity index is 1.99. The van der Waals surface area contributed by atoms with Crippen LogP contribution in [0.4, 0.5) is 0 Å². The van der Waals surface area contributed by atoms with Crippen LogP contribution in [-0.4, -0.2) is 47.9 Å². The highest BCUT2D eigenvalue weighted by atomic mass is 16.2. The second-order valence-electron chi connectivity index (χ2n) is 4.94. The van der Waals surface area contributed by atoms with E-state index >= 15 is 0 Å². The third-order valence-corrected chi connectivity index (χ3v) is 3.93. The third kappa shape index (κ3) is 2.17. The molecule has 2 heterocycles. The van der Waals surface area contributed by atoms with Gasteiger partial charge in [-0.3, -0.25) is 4.79 Å². The molecule has 3 heteroatoms. The molecule has 2 aliphatic rings. The molecule has 0 aromatic rings. The molecule has 0 bridgehead atoms. The van der Waals surface area contributed by atoms with Crippen LogP contribution in [0.1, 0.15) is 39.0 Å². The van der Waals surface area contributed by atoms with E-state index in [1.165, 1.54) is 12.8 Å². The summed E-state index contributed by atoms with van der Waals surface area (Å²) in [5.74, 6) is 0.399. The van der Waals surface area contributed by atoms with Gasteiger partial charge in [-0.05, 0) is 45.8 Å². The Bertz CT molecular complexity index is 234. The van der Waals surface area contributed by atoms with Crippen molar-refractivity contribution >= 4 is 5.91 Å². The molecule has 86 valence electrons. The van der Waals surface area contributed by atoms with E-state index in [4.69, 9.17) is 0 Å². The van der Waals surface area contributed by atoms with Crippen molar-refractivity contribution in [2.75, 3.05) is 20.1 Å². The van der Waals surface area contributed by atoms with E-state index in [1.807, 2.05) is 0 Å². The zero-order valence-corrected chi connectivity index (χ0v) is 9.91. The topological polar surface area (TPSA) is 23.6 Å². The maximum absolute atomic E-state index is 11.8. The lowest BCUT2D eigenvalue weighted by Crippen LogP contribution is -2.47. The van der Waals surface area contributed by atoms with Crippen molar-refractivity contribution in [1.82, 2.24) is 9.80 Å². The first kappa shape index (κ1) is 10.9. The average molecular weight is 210 g/mol. The second-order valence-corrected chi connectivity index (χ2v) is 4.94. The molecule has 15 heavy (non-hydrogen) atoms. The van der Waals surface area contributed by atoms with Gasteiger partial charge < -0.3 is 9.80 Å². The first-order valence-electron chi connectivity index (χ1n) is 6.22. The molecule has 0 spiro atoms. The molecular weight excluding hydrogens is 188 g/mol. The number of rotatable bonds is 2. The van der Waals surface area contributed by atoms with Crippen LogP contribution in [0, 0.1) is 0 Å². The summed E-state index contributed by atoms with van der Waals surface area (Å²) in [6.07, 6.45) is 5.32. The second kappa shape index (κ2) is 4.52. The largest absolute Gasteiger partial charge is 0.337 e. The van der Waals surface area contributed by atoms with Crippen LogP contribution >= 0.6 is 0 Å². The normalized spacial score (nSPS) is 30.1. The van der Waals surface area contributed by atoms with Crippen molar-refractivity contribution in [3.05, 3.63) is 0 Å². The van der Waals surface area contributed by atoms with Gasteiger partial charge in [0, 0.05) is 18.5 Å². The van der Waals surface area contributed by atoms with Crippen LogP contribution in [0.3, 0.4) is 0 Å². The van der Waals surface area contributed by atoms with Crippen molar-refractivity contribution < 1.29 is 4.79 Å². The lowest BCUT2D eigenvalue weighted by Gasteiger charge is -2.38. The first-order chi connectivity index (χ1) is 7.22. The van der Waals surface area contributed by atoms with Gasteiger partial charge >= 0.3 is 0 Å². The van der Waals surface area contributed by atoms with Gasteiger partial charge in [-0.2, -0.15) is 0 Å². The van der Waals surface area contributed by atoms with Crippen LogP contribution in [0.25, 0.3) is 0 Å². The van der Waals surface area contributed by atoms with Crippen molar-refractivity contribution in [2.24, 2.45) is 0 Å². The standard InChI is InChI=1S/C12H22N2O/c1-3-10-4-5-12(15)14(10)11-6-8-13(2)9-7-11/h10-11H,3-9H2,1-2H3. The summed E-state index contributed by atoms with van der Waals surface area (Å²) in [6.45, 7) is 4.49. The molecule has 0 N–H and O–H groups in total. The summed E-state index contributed by atoms with van der Waals surface area (Å²) in [5.41, 5.74) is 0. The number of hydrogen-bond acceptors (Lipinski definition) is 2. The van der Waals surface area contributed by atoms with E-state index < -0.39 is 0 Å². The maximum atomic E-state index is 11.8. The van der Waals surface area contributed by atoms with E-state index in [-0.39, 0.29) is 0 Å². The average Bonchev–Trinajstić information content (AvgIpc) is 2.61. The zero-order chi connectivity index (χ0) is 10.8. The first-order valence-corrected chi connectivity index (χ1v) is 6.22. The van der Waals surface area contributed by atoms with E-state index in [9.17, 15) is 4.79 Å². The van der Waals surface area contributed by atoms with E-state index in [0.29, 0.717) is 18.0 Å². The highest BCUT2D eigenvalue weighted by molar-refractivity contribution is 5.79. The molecule has 2 rings (SSSR count). The number of carbonyl (C=O) groups excluding carboxylic acids is 1. The van der Waals surface area contributed by atoms with Crippen LogP contribution in [0.5, 0.6) is 0 Å². The monoisotopic (exact) mass is 210 g/mol. The Morgan fingerprint density at radius 1 is 1.27 bits per heavy atom. The molecule has 0 radical (unpaired) electrons. The minimum atomic E-state index is 0.399. The van der Waals surface area contributed by atoms with Crippen molar-refractivity contribution in [2.45, 2.75) is 51.1 Å². The molecule has 0 aromatic heterocycles. The van der Waals surface area contributed by atoms with Crippen LogP contribution in [0.15, 0.2) is 0 Å². The fraction of sp³-hybridized carbons (Fsp3) is 0.917. The SMILES string of the molecule is CCC1CCC(=O)N1C1CCN(C)CC1. The fourth-order valence-corrected chi connectivity index (χ4v) is 2.94. The molecule has 1 atom stereocenters. The quantitative estimate of drug-likeness (QED) is 0.689. The highest BCUT2D eigenvalue weighted by Crippen LogP contribution is 2.28. The van der Waals surface area contributed by atoms with E-state index in [2.05, 4.69) is 23.8 Å². The van der Waals surface area contributed by atoms with Crippen LogP contribution in [0.2, 0.25) is 0 Å². The molecule has 2 saturated heterocycles. The summed E-state index contributed by atoms with van der Waals surface area (Å²) < 4.78 is 0. The minimum absolute atomic E-state index is 0.399. The number of piperidine rings is 1. The minimum Gasteiger partial charge on any atom is -0.337 e. The van der Waals surface area contributed by atoms with E-state index in [1.54, 1.807) is 0 Å². The molecule has 3 nitrogen and oxygen atoms in total. The van der Waals surface area contributed by atoms with Gasteiger partial charge in [-0.15, -0.1) is 0 Å². The van der Waals surface area contributed by atoms with Crippen molar-refractivity contribution in [1.29, 1.82) is 0 Å². The van der Waals surface area contributed by atoms with E-state index in [0.717, 1.165) is 32.4 Å².